The normalized spacial score (nSPS) is 18.5. The molecule has 2 N–H and O–H groups in total. The number of nitrogens with one attached hydrogen (secondary N) is 2. The zero-order chi connectivity index (χ0) is 22.9. The molecule has 1 saturated carbocycles. The van der Waals surface area contributed by atoms with Gasteiger partial charge in [-0.25, -0.2) is 0 Å². The van der Waals surface area contributed by atoms with E-state index < -0.39 is 6.04 Å². The number of hydrogen-bond acceptors (Lipinski definition) is 3. The van der Waals surface area contributed by atoms with Crippen molar-refractivity contribution in [1.82, 2.24) is 15.2 Å². The fraction of sp³-hybridized carbons (Fsp3) is 0.407. The Kier molecular flexibility index (Phi) is 5.83. The van der Waals surface area contributed by atoms with E-state index in [1.165, 1.54) is 6.42 Å². The fourth-order valence-corrected chi connectivity index (χ4v) is 5.40. The number of ether oxygens (including phenoxy) is 1. The molecule has 1 aliphatic carbocycles. The molecule has 5 rings (SSSR count). The third-order valence-electron chi connectivity index (χ3n) is 6.97. The van der Waals surface area contributed by atoms with Crippen molar-refractivity contribution in [2.24, 2.45) is 0 Å². The molecule has 3 aromatic rings. The zero-order valence-corrected chi connectivity index (χ0v) is 19.3. The number of H-pyrrole nitrogens is 1. The minimum absolute atomic E-state index is 0.100. The standard InChI is InChI=1S/C27H31N3O3/c1-3-15-30-25(26(31)28-17-9-5-4-6-10-17)24-23(19-11-7-8-12-20(19)27(30)32)21-16-18(33-2)13-14-22(21)29-24/h7-8,11-14,16-17,25,29H,3-6,9-10,15H2,1-2H3,(H,28,31). The third-order valence-corrected chi connectivity index (χ3v) is 6.97. The summed E-state index contributed by atoms with van der Waals surface area (Å²) in [6.45, 7) is 2.55. The number of carbonyl (C=O) groups is 2. The second kappa shape index (κ2) is 8.93. The summed E-state index contributed by atoms with van der Waals surface area (Å²) >= 11 is 0. The van der Waals surface area contributed by atoms with Gasteiger partial charge in [-0.1, -0.05) is 44.4 Å². The molecular weight excluding hydrogens is 414 g/mol. The van der Waals surface area contributed by atoms with Crippen LogP contribution in [0.1, 0.15) is 67.5 Å². The predicted molar refractivity (Wildman–Crippen MR) is 129 cm³/mol. The van der Waals surface area contributed by atoms with Crippen molar-refractivity contribution in [2.45, 2.75) is 57.5 Å². The van der Waals surface area contributed by atoms with E-state index in [9.17, 15) is 9.59 Å². The van der Waals surface area contributed by atoms with Gasteiger partial charge in [-0.05, 0) is 49.1 Å². The monoisotopic (exact) mass is 445 g/mol. The van der Waals surface area contributed by atoms with Crippen LogP contribution in [0.25, 0.3) is 22.0 Å². The van der Waals surface area contributed by atoms with E-state index >= 15 is 0 Å². The Morgan fingerprint density at radius 2 is 1.88 bits per heavy atom. The molecule has 6 nitrogen and oxygen atoms in total. The minimum atomic E-state index is -0.708. The van der Waals surface area contributed by atoms with Gasteiger partial charge < -0.3 is 19.9 Å². The van der Waals surface area contributed by atoms with E-state index in [4.69, 9.17) is 4.74 Å². The van der Waals surface area contributed by atoms with Crippen molar-refractivity contribution in [2.75, 3.05) is 13.7 Å². The van der Waals surface area contributed by atoms with Gasteiger partial charge in [0.1, 0.15) is 5.75 Å². The zero-order valence-electron chi connectivity index (χ0n) is 19.3. The Balaban J connectivity index is 1.71. The van der Waals surface area contributed by atoms with Crippen LogP contribution in [0.15, 0.2) is 42.5 Å². The lowest BCUT2D eigenvalue weighted by Crippen LogP contribution is -2.47. The molecule has 33 heavy (non-hydrogen) atoms. The largest absolute Gasteiger partial charge is 0.497 e. The van der Waals surface area contributed by atoms with Gasteiger partial charge in [0.25, 0.3) is 5.91 Å². The van der Waals surface area contributed by atoms with Gasteiger partial charge in [-0.2, -0.15) is 0 Å². The number of rotatable bonds is 5. The SMILES string of the molecule is CCCN1C(=O)c2ccccc2-c2c([nH]c3ccc(OC)cc23)C1C(=O)NC1CCCCC1. The first-order valence-corrected chi connectivity index (χ1v) is 12.0. The number of amides is 2. The number of aromatic amines is 1. The molecule has 2 aliphatic rings. The topological polar surface area (TPSA) is 74.4 Å². The maximum absolute atomic E-state index is 13.8. The van der Waals surface area contributed by atoms with Crippen LogP contribution in [-0.4, -0.2) is 41.4 Å². The molecule has 0 bridgehead atoms. The summed E-state index contributed by atoms with van der Waals surface area (Å²) in [6, 6.07) is 13.0. The van der Waals surface area contributed by atoms with Crippen molar-refractivity contribution >= 4 is 22.7 Å². The van der Waals surface area contributed by atoms with E-state index in [2.05, 4.69) is 10.3 Å². The maximum atomic E-state index is 13.8. The highest BCUT2D eigenvalue weighted by atomic mass is 16.5. The maximum Gasteiger partial charge on any atom is 0.255 e. The number of nitrogens with zero attached hydrogens (tertiary/aromatic N) is 1. The molecular formula is C27H31N3O3. The highest BCUT2D eigenvalue weighted by molar-refractivity contribution is 6.11. The number of carbonyl (C=O) groups excluding carboxylic acids is 2. The molecule has 2 heterocycles. The Morgan fingerprint density at radius 3 is 2.61 bits per heavy atom. The Bertz CT molecular complexity index is 1190. The van der Waals surface area contributed by atoms with E-state index in [0.717, 1.165) is 65.6 Å². The second-order valence-electron chi connectivity index (χ2n) is 9.12. The van der Waals surface area contributed by atoms with Gasteiger partial charge in [0.2, 0.25) is 5.91 Å². The molecule has 0 radical (unpaired) electrons. The molecule has 0 spiro atoms. The molecule has 1 atom stereocenters. The molecule has 6 heteroatoms. The molecule has 1 unspecified atom stereocenters. The number of methoxy groups -OCH3 is 1. The van der Waals surface area contributed by atoms with Gasteiger partial charge in [0.15, 0.2) is 6.04 Å². The summed E-state index contributed by atoms with van der Waals surface area (Å²) in [7, 11) is 1.65. The first-order valence-electron chi connectivity index (χ1n) is 12.0. The second-order valence-corrected chi connectivity index (χ2v) is 9.12. The first-order chi connectivity index (χ1) is 16.1. The summed E-state index contributed by atoms with van der Waals surface area (Å²) < 4.78 is 5.49. The smallest absolute Gasteiger partial charge is 0.255 e. The molecule has 2 amide bonds. The van der Waals surface area contributed by atoms with E-state index in [1.807, 2.05) is 49.4 Å². The highest BCUT2D eigenvalue weighted by Crippen LogP contribution is 2.43. The molecule has 1 aliphatic heterocycles. The van der Waals surface area contributed by atoms with Gasteiger partial charge in [0, 0.05) is 34.6 Å². The van der Waals surface area contributed by atoms with Crippen LogP contribution in [0.3, 0.4) is 0 Å². The van der Waals surface area contributed by atoms with Crippen LogP contribution >= 0.6 is 0 Å². The van der Waals surface area contributed by atoms with Gasteiger partial charge in [-0.15, -0.1) is 0 Å². The van der Waals surface area contributed by atoms with Crippen molar-refractivity contribution < 1.29 is 14.3 Å². The van der Waals surface area contributed by atoms with E-state index in [-0.39, 0.29) is 17.9 Å². The molecule has 172 valence electrons. The summed E-state index contributed by atoms with van der Waals surface area (Å²) in [5.41, 5.74) is 4.10. The molecule has 0 saturated heterocycles. The van der Waals surface area contributed by atoms with Gasteiger partial charge >= 0.3 is 0 Å². The van der Waals surface area contributed by atoms with Crippen LogP contribution < -0.4 is 10.1 Å². The molecule has 1 aromatic heterocycles. The van der Waals surface area contributed by atoms with Crippen molar-refractivity contribution in [3.05, 3.63) is 53.7 Å². The number of hydrogen-bond donors (Lipinski definition) is 2. The summed E-state index contributed by atoms with van der Waals surface area (Å²) in [5.74, 6) is 0.541. The van der Waals surface area contributed by atoms with Crippen LogP contribution in [0.2, 0.25) is 0 Å². The van der Waals surface area contributed by atoms with Crippen LogP contribution in [-0.2, 0) is 4.79 Å². The van der Waals surface area contributed by atoms with Crippen molar-refractivity contribution in [3.63, 3.8) is 0 Å². The lowest BCUT2D eigenvalue weighted by molar-refractivity contribution is -0.127. The first kappa shape index (κ1) is 21.6. The average Bonchev–Trinajstić information content (AvgIpc) is 3.17. The van der Waals surface area contributed by atoms with Crippen LogP contribution in [0, 0.1) is 0 Å². The number of fused-ring (bicyclic) bond motifs is 5. The van der Waals surface area contributed by atoms with E-state index in [1.54, 1.807) is 12.0 Å². The average molecular weight is 446 g/mol. The highest BCUT2D eigenvalue weighted by Gasteiger charge is 2.40. The Hall–Kier alpha value is -3.28. The number of aromatic nitrogens is 1. The van der Waals surface area contributed by atoms with E-state index in [0.29, 0.717) is 12.1 Å². The van der Waals surface area contributed by atoms with Gasteiger partial charge in [0.05, 0.1) is 12.8 Å². The lowest BCUT2D eigenvalue weighted by atomic mass is 9.94. The van der Waals surface area contributed by atoms with Crippen LogP contribution in [0.5, 0.6) is 5.75 Å². The number of benzene rings is 2. The summed E-state index contributed by atoms with van der Waals surface area (Å²) in [5, 5.41) is 4.24. The quantitative estimate of drug-likeness (QED) is 0.567. The summed E-state index contributed by atoms with van der Waals surface area (Å²) in [6.07, 6.45) is 6.25. The lowest BCUT2D eigenvalue weighted by Gasteiger charge is -2.31. The molecule has 1 fully saturated rings. The van der Waals surface area contributed by atoms with Gasteiger partial charge in [-0.3, -0.25) is 9.59 Å². The predicted octanol–water partition coefficient (Wildman–Crippen LogP) is 5.20. The van der Waals surface area contributed by atoms with Crippen molar-refractivity contribution in [1.29, 1.82) is 0 Å². The molecule has 2 aromatic carbocycles. The Labute approximate surface area is 194 Å². The summed E-state index contributed by atoms with van der Waals surface area (Å²) in [4.78, 5) is 32.8. The van der Waals surface area contributed by atoms with Crippen molar-refractivity contribution in [3.8, 4) is 16.9 Å². The Morgan fingerprint density at radius 1 is 1.12 bits per heavy atom. The van der Waals surface area contributed by atoms with Crippen LogP contribution in [0.4, 0.5) is 0 Å². The minimum Gasteiger partial charge on any atom is -0.497 e. The fourth-order valence-electron chi connectivity index (χ4n) is 5.40. The third kappa shape index (κ3) is 3.77.